The maximum Gasteiger partial charge on any atom is 0.274 e. The van der Waals surface area contributed by atoms with Crippen molar-refractivity contribution in [1.82, 2.24) is 29.9 Å². The Labute approximate surface area is 238 Å². The number of pyridine rings is 2. The van der Waals surface area contributed by atoms with Crippen molar-refractivity contribution in [3.8, 4) is 23.0 Å². The normalized spacial score (nSPS) is 11.0. The third kappa shape index (κ3) is 4.95. The molecule has 0 saturated heterocycles. The van der Waals surface area contributed by atoms with E-state index in [1.165, 1.54) is 0 Å². The number of anilines is 2. The zero-order valence-corrected chi connectivity index (χ0v) is 22.0. The molecule has 3 aromatic carbocycles. The highest BCUT2D eigenvalue weighted by Gasteiger charge is 2.14. The summed E-state index contributed by atoms with van der Waals surface area (Å²) in [6.07, 6.45) is 0. The van der Waals surface area contributed by atoms with E-state index in [1.807, 2.05) is 48.5 Å². The maximum atomic E-state index is 12.9. The highest BCUT2D eigenvalue weighted by molar-refractivity contribution is 6.04. The molecule has 0 spiro atoms. The van der Waals surface area contributed by atoms with Crippen LogP contribution in [0.5, 0.6) is 0 Å². The van der Waals surface area contributed by atoms with Crippen LogP contribution in [0, 0.1) is 0 Å². The molecule has 202 valence electrons. The zero-order valence-electron chi connectivity index (χ0n) is 22.0. The summed E-state index contributed by atoms with van der Waals surface area (Å²) in [6.45, 7) is 0. The Kier molecular flexibility index (Phi) is 6.17. The van der Waals surface area contributed by atoms with E-state index in [1.54, 1.807) is 60.7 Å². The van der Waals surface area contributed by atoms with Crippen LogP contribution in [0.3, 0.4) is 0 Å². The predicted octanol–water partition coefficient (Wildman–Crippen LogP) is 6.07. The van der Waals surface area contributed by atoms with Gasteiger partial charge < -0.3 is 20.6 Å². The summed E-state index contributed by atoms with van der Waals surface area (Å²) in [7, 11) is 0. The van der Waals surface area contributed by atoms with Gasteiger partial charge in [-0.25, -0.2) is 19.9 Å². The Hall–Kier alpha value is -6.16. The summed E-state index contributed by atoms with van der Waals surface area (Å²) in [5, 5.41) is 5.69. The molecule has 0 bridgehead atoms. The molecule has 7 aromatic rings. The molecule has 0 unspecified atom stereocenters. The monoisotopic (exact) mass is 550 g/mol. The van der Waals surface area contributed by atoms with Crippen LogP contribution in [0.4, 0.5) is 11.4 Å². The second kappa shape index (κ2) is 10.4. The van der Waals surface area contributed by atoms with E-state index in [9.17, 15) is 9.59 Å². The van der Waals surface area contributed by atoms with Crippen molar-refractivity contribution in [3.05, 3.63) is 121 Å². The topological polar surface area (TPSA) is 141 Å². The van der Waals surface area contributed by atoms with Gasteiger partial charge in [-0.15, -0.1) is 0 Å². The summed E-state index contributed by atoms with van der Waals surface area (Å²) in [5.74, 6) is 0.444. The van der Waals surface area contributed by atoms with Gasteiger partial charge in [0.05, 0.1) is 22.1 Å². The second-order valence-corrected chi connectivity index (χ2v) is 9.51. The largest absolute Gasteiger partial charge is 0.337 e. The molecule has 0 atom stereocenters. The average Bonchev–Trinajstić information content (AvgIpc) is 3.67. The highest BCUT2D eigenvalue weighted by atomic mass is 16.2. The van der Waals surface area contributed by atoms with Crippen molar-refractivity contribution in [2.24, 2.45) is 0 Å². The summed E-state index contributed by atoms with van der Waals surface area (Å²) in [5.41, 5.74) is 6.18. The molecule has 0 fully saturated rings. The molecule has 0 aliphatic heterocycles. The molecule has 4 heterocycles. The average molecular weight is 551 g/mol. The number of aromatic nitrogens is 6. The van der Waals surface area contributed by atoms with Crippen LogP contribution in [0.15, 0.2) is 109 Å². The van der Waals surface area contributed by atoms with Crippen molar-refractivity contribution in [3.63, 3.8) is 0 Å². The van der Waals surface area contributed by atoms with E-state index in [4.69, 9.17) is 0 Å². The zero-order chi connectivity index (χ0) is 28.5. The number of nitrogens with zero attached hydrogens (tertiary/aromatic N) is 4. The molecule has 0 saturated carbocycles. The molecule has 4 aromatic heterocycles. The van der Waals surface area contributed by atoms with E-state index < -0.39 is 0 Å². The fraction of sp³-hybridized carbons (Fsp3) is 0. The molecular formula is C32H22N8O2. The van der Waals surface area contributed by atoms with Crippen LogP contribution in [-0.2, 0) is 0 Å². The number of hydrogen-bond donors (Lipinski definition) is 4. The van der Waals surface area contributed by atoms with E-state index in [0.29, 0.717) is 34.4 Å². The van der Waals surface area contributed by atoms with Gasteiger partial charge in [-0.05, 0) is 72.8 Å². The first-order chi connectivity index (χ1) is 20.6. The molecular weight excluding hydrogens is 528 g/mol. The van der Waals surface area contributed by atoms with E-state index >= 15 is 0 Å². The Bertz CT molecular complexity index is 1880. The minimum Gasteiger partial charge on any atom is -0.337 e. The number of para-hydroxylation sites is 4. The van der Waals surface area contributed by atoms with Crippen molar-refractivity contribution in [2.45, 2.75) is 0 Å². The predicted molar refractivity (Wildman–Crippen MR) is 161 cm³/mol. The number of rotatable bonds is 6. The summed E-state index contributed by atoms with van der Waals surface area (Å²) >= 11 is 0. The lowest BCUT2D eigenvalue weighted by molar-refractivity contribution is 0.101. The minimum absolute atomic E-state index is 0.251. The van der Waals surface area contributed by atoms with Gasteiger partial charge >= 0.3 is 0 Å². The fourth-order valence-electron chi connectivity index (χ4n) is 4.56. The third-order valence-electron chi connectivity index (χ3n) is 6.63. The number of benzene rings is 3. The highest BCUT2D eigenvalue weighted by Crippen LogP contribution is 2.21. The van der Waals surface area contributed by atoms with Crippen molar-refractivity contribution < 1.29 is 9.59 Å². The number of aromatic amines is 2. The number of nitrogens with one attached hydrogen (secondary N) is 4. The molecule has 0 aliphatic carbocycles. The molecule has 10 nitrogen and oxygen atoms in total. The van der Waals surface area contributed by atoms with Gasteiger partial charge in [-0.3, -0.25) is 9.59 Å². The molecule has 7 rings (SSSR count). The van der Waals surface area contributed by atoms with Crippen molar-refractivity contribution >= 4 is 45.3 Å². The lowest BCUT2D eigenvalue weighted by Gasteiger charge is -2.08. The van der Waals surface area contributed by atoms with Gasteiger partial charge in [-0.2, -0.15) is 0 Å². The summed E-state index contributed by atoms with van der Waals surface area (Å²) in [6, 6.07) is 32.6. The number of fused-ring (bicyclic) bond motifs is 2. The number of carbonyl (C=O) groups is 2. The first-order valence-electron chi connectivity index (χ1n) is 13.2. The van der Waals surface area contributed by atoms with Gasteiger partial charge in [0.2, 0.25) is 0 Å². The van der Waals surface area contributed by atoms with E-state index in [2.05, 4.69) is 40.5 Å². The number of amides is 2. The van der Waals surface area contributed by atoms with Gasteiger partial charge in [0.1, 0.15) is 22.8 Å². The first kappa shape index (κ1) is 24.9. The SMILES string of the molecule is O=C(Nc1ccc(NC(=O)c2cccc(-c3nc4ccccc4[nH]3)n2)cc1)c1cccc(-c2nc3ccccc3[nH]2)n1. The second-order valence-electron chi connectivity index (χ2n) is 9.51. The maximum absolute atomic E-state index is 12.9. The third-order valence-corrected chi connectivity index (χ3v) is 6.63. The Morgan fingerprint density at radius 1 is 0.476 bits per heavy atom. The number of hydrogen-bond acceptors (Lipinski definition) is 6. The first-order valence-corrected chi connectivity index (χ1v) is 13.2. The standard InChI is InChI=1S/C32H22N8O2/c41-31(27-13-5-11-25(35-27)29-37-21-7-1-2-8-22(21)38-29)33-19-15-17-20(18-16-19)34-32(42)28-14-6-12-26(36-28)30-39-23-9-3-4-10-24(23)40-30/h1-18H,(H,33,41)(H,34,42)(H,37,38)(H,39,40). The lowest BCUT2D eigenvalue weighted by Crippen LogP contribution is -2.15. The number of carbonyl (C=O) groups excluding carboxylic acids is 2. The van der Waals surface area contributed by atoms with Crippen LogP contribution in [0.2, 0.25) is 0 Å². The van der Waals surface area contributed by atoms with Crippen LogP contribution in [0.25, 0.3) is 45.1 Å². The quantitative estimate of drug-likeness (QED) is 0.198. The van der Waals surface area contributed by atoms with E-state index in [0.717, 1.165) is 22.1 Å². The summed E-state index contributed by atoms with van der Waals surface area (Å²) < 4.78 is 0. The molecule has 0 aliphatic rings. The Balaban J connectivity index is 1.02. The van der Waals surface area contributed by atoms with Crippen molar-refractivity contribution in [2.75, 3.05) is 10.6 Å². The Morgan fingerprint density at radius 3 is 1.33 bits per heavy atom. The molecule has 0 radical (unpaired) electrons. The van der Waals surface area contributed by atoms with Gasteiger partial charge in [0.15, 0.2) is 11.6 Å². The Morgan fingerprint density at radius 2 is 0.905 bits per heavy atom. The van der Waals surface area contributed by atoms with Gasteiger partial charge in [0.25, 0.3) is 11.8 Å². The summed E-state index contributed by atoms with van der Waals surface area (Å²) in [4.78, 5) is 50.4. The van der Waals surface area contributed by atoms with Crippen LogP contribution < -0.4 is 10.6 Å². The van der Waals surface area contributed by atoms with Gasteiger partial charge in [-0.1, -0.05) is 36.4 Å². The molecule has 42 heavy (non-hydrogen) atoms. The van der Waals surface area contributed by atoms with Crippen LogP contribution >= 0.6 is 0 Å². The van der Waals surface area contributed by atoms with E-state index in [-0.39, 0.29) is 23.2 Å². The van der Waals surface area contributed by atoms with Crippen LogP contribution in [0.1, 0.15) is 21.0 Å². The smallest absolute Gasteiger partial charge is 0.274 e. The van der Waals surface area contributed by atoms with Crippen LogP contribution in [-0.4, -0.2) is 41.7 Å². The lowest BCUT2D eigenvalue weighted by atomic mass is 10.2. The van der Waals surface area contributed by atoms with Crippen molar-refractivity contribution in [1.29, 1.82) is 0 Å². The number of imidazole rings is 2. The fourth-order valence-corrected chi connectivity index (χ4v) is 4.56. The minimum atomic E-state index is -0.364. The molecule has 10 heteroatoms. The van der Waals surface area contributed by atoms with Gasteiger partial charge in [0, 0.05) is 11.4 Å². The number of H-pyrrole nitrogens is 2. The molecule has 2 amide bonds. The molecule has 4 N–H and O–H groups in total.